The van der Waals surface area contributed by atoms with Crippen LogP contribution in [0.5, 0.6) is 0 Å². The molecule has 0 aliphatic carbocycles. The molecule has 35 heavy (non-hydrogen) atoms. The average molecular weight is 481 g/mol. The summed E-state index contributed by atoms with van der Waals surface area (Å²) in [6.45, 7) is 8.04. The number of ketones is 2. The van der Waals surface area contributed by atoms with Crippen LogP contribution in [0.3, 0.4) is 0 Å². The number of carbonyl (C=O) groups is 2. The van der Waals surface area contributed by atoms with Gasteiger partial charge in [-0.2, -0.15) is 0 Å². The van der Waals surface area contributed by atoms with E-state index in [0.29, 0.717) is 47.7 Å². The van der Waals surface area contributed by atoms with Crippen molar-refractivity contribution in [2.75, 3.05) is 79.5 Å². The first-order valence-corrected chi connectivity index (χ1v) is 12.1. The Morgan fingerprint density at radius 1 is 0.571 bits per heavy atom. The lowest BCUT2D eigenvalue weighted by atomic mass is 10.2. The van der Waals surface area contributed by atoms with Crippen molar-refractivity contribution in [3.8, 4) is 23.0 Å². The zero-order chi connectivity index (χ0) is 24.4. The Morgan fingerprint density at radius 3 is 1.31 bits per heavy atom. The largest absolute Gasteiger partial charge is 0.450 e. The first-order valence-electron chi connectivity index (χ1n) is 12.1. The number of carbonyl (C=O) groups excluding carboxylic acids is 2. The first-order chi connectivity index (χ1) is 16.9. The second-order valence-electron chi connectivity index (χ2n) is 9.50. The Balaban J connectivity index is 1.20. The van der Waals surface area contributed by atoms with E-state index in [2.05, 4.69) is 33.7 Å². The molecule has 9 nitrogen and oxygen atoms in total. The summed E-state index contributed by atoms with van der Waals surface area (Å²) < 4.78 is 17.5. The number of rotatable bonds is 8. The van der Waals surface area contributed by atoms with Crippen LogP contribution in [0.25, 0.3) is 23.0 Å². The van der Waals surface area contributed by atoms with Gasteiger partial charge in [-0.1, -0.05) is 0 Å². The summed E-state index contributed by atoms with van der Waals surface area (Å²) in [5.74, 6) is 2.54. The van der Waals surface area contributed by atoms with Gasteiger partial charge in [-0.25, -0.2) is 0 Å². The Labute approximate surface area is 204 Å². The number of furan rings is 3. The fraction of sp³-hybridized carbons (Fsp3) is 0.462. The number of Topliss-reactive ketones (excluding diaryl/α,β-unsaturated/α-hetero) is 2. The lowest BCUT2D eigenvalue weighted by molar-refractivity contribution is 0.0845. The molecule has 0 amide bonds. The zero-order valence-corrected chi connectivity index (χ0v) is 20.4. The van der Waals surface area contributed by atoms with Crippen LogP contribution in [0.1, 0.15) is 21.1 Å². The van der Waals surface area contributed by atoms with Crippen molar-refractivity contribution < 1.29 is 22.8 Å². The van der Waals surface area contributed by atoms with Crippen molar-refractivity contribution in [2.45, 2.75) is 0 Å². The van der Waals surface area contributed by atoms with E-state index in [1.165, 1.54) is 0 Å². The van der Waals surface area contributed by atoms with Crippen LogP contribution in [0.2, 0.25) is 0 Å². The average Bonchev–Trinajstić information content (AvgIpc) is 3.62. The smallest absolute Gasteiger partial charge is 0.211 e. The standard InChI is InChI=1S/C26H32N4O5/c1-27-9-13-29(14-10-27)17-19(31)21-3-5-23(33-21)25-7-8-26(35-25)24-6-4-22(34-24)20(32)18-30-15-11-28(2)12-16-30/h3-8H,9-18H2,1-2H3. The molecule has 2 fully saturated rings. The van der Waals surface area contributed by atoms with E-state index in [0.717, 1.165) is 52.4 Å². The lowest BCUT2D eigenvalue weighted by Gasteiger charge is -2.31. The van der Waals surface area contributed by atoms with Crippen molar-refractivity contribution in [3.05, 3.63) is 47.9 Å². The lowest BCUT2D eigenvalue weighted by Crippen LogP contribution is -2.46. The summed E-state index contributed by atoms with van der Waals surface area (Å²) in [6, 6.07) is 10.4. The maximum absolute atomic E-state index is 12.7. The van der Waals surface area contributed by atoms with Gasteiger partial charge in [0.25, 0.3) is 0 Å². The molecule has 3 aromatic rings. The van der Waals surface area contributed by atoms with Gasteiger partial charge < -0.3 is 23.1 Å². The fourth-order valence-electron chi connectivity index (χ4n) is 4.42. The van der Waals surface area contributed by atoms with Gasteiger partial charge in [0.1, 0.15) is 0 Å². The predicted octanol–water partition coefficient (Wildman–Crippen LogP) is 2.66. The Kier molecular flexibility index (Phi) is 7.01. The van der Waals surface area contributed by atoms with Crippen molar-refractivity contribution in [2.24, 2.45) is 0 Å². The van der Waals surface area contributed by atoms with Gasteiger partial charge >= 0.3 is 0 Å². The highest BCUT2D eigenvalue weighted by atomic mass is 16.4. The molecule has 0 aromatic carbocycles. The normalized spacial score (nSPS) is 18.8. The van der Waals surface area contributed by atoms with Gasteiger partial charge in [-0.05, 0) is 50.5 Å². The van der Waals surface area contributed by atoms with E-state index >= 15 is 0 Å². The van der Waals surface area contributed by atoms with Crippen LogP contribution in [0.15, 0.2) is 49.6 Å². The monoisotopic (exact) mass is 480 g/mol. The highest BCUT2D eigenvalue weighted by Gasteiger charge is 2.22. The van der Waals surface area contributed by atoms with Crippen LogP contribution in [0.4, 0.5) is 0 Å². The SMILES string of the molecule is CN1CCN(CC(=O)c2ccc(-c3ccc(-c4ccc(C(=O)CN5CCN(C)CC5)o4)o3)o2)CC1. The van der Waals surface area contributed by atoms with Crippen molar-refractivity contribution in [1.29, 1.82) is 0 Å². The van der Waals surface area contributed by atoms with Crippen molar-refractivity contribution in [3.63, 3.8) is 0 Å². The van der Waals surface area contributed by atoms with Crippen LogP contribution in [0, 0.1) is 0 Å². The zero-order valence-electron chi connectivity index (χ0n) is 20.4. The van der Waals surface area contributed by atoms with Gasteiger partial charge in [-0.15, -0.1) is 0 Å². The van der Waals surface area contributed by atoms with E-state index in [-0.39, 0.29) is 11.6 Å². The second kappa shape index (κ2) is 10.3. The molecule has 0 atom stereocenters. The summed E-state index contributed by atoms with van der Waals surface area (Å²) in [5.41, 5.74) is 0. The van der Waals surface area contributed by atoms with E-state index in [1.807, 2.05) is 0 Å². The van der Waals surface area contributed by atoms with E-state index in [4.69, 9.17) is 13.3 Å². The maximum Gasteiger partial charge on any atom is 0.211 e. The number of hydrogen-bond donors (Lipinski definition) is 0. The number of hydrogen-bond acceptors (Lipinski definition) is 9. The molecule has 186 valence electrons. The van der Waals surface area contributed by atoms with Gasteiger partial charge in [0.05, 0.1) is 13.1 Å². The summed E-state index contributed by atoms with van der Waals surface area (Å²) in [7, 11) is 4.18. The van der Waals surface area contributed by atoms with Gasteiger partial charge in [0, 0.05) is 52.4 Å². The number of likely N-dealkylation sites (N-methyl/N-ethyl adjacent to an activating group) is 2. The molecule has 9 heteroatoms. The van der Waals surface area contributed by atoms with Crippen molar-refractivity contribution in [1.82, 2.24) is 19.6 Å². The maximum atomic E-state index is 12.7. The minimum absolute atomic E-state index is 0.0397. The highest BCUT2D eigenvalue weighted by Crippen LogP contribution is 2.31. The minimum Gasteiger partial charge on any atom is -0.450 e. The third kappa shape index (κ3) is 5.65. The van der Waals surface area contributed by atoms with E-state index in [9.17, 15) is 9.59 Å². The molecule has 5 rings (SSSR count). The molecule has 0 saturated carbocycles. The Morgan fingerprint density at radius 2 is 0.914 bits per heavy atom. The summed E-state index contributed by atoms with van der Waals surface area (Å²) in [4.78, 5) is 34.1. The van der Waals surface area contributed by atoms with Crippen LogP contribution >= 0.6 is 0 Å². The molecule has 2 aliphatic heterocycles. The summed E-state index contributed by atoms with van der Waals surface area (Å²) in [6.07, 6.45) is 0. The molecule has 0 spiro atoms. The van der Waals surface area contributed by atoms with Gasteiger partial charge in [0.15, 0.2) is 34.6 Å². The summed E-state index contributed by atoms with van der Waals surface area (Å²) >= 11 is 0. The Bertz CT molecular complexity index is 1070. The van der Waals surface area contributed by atoms with Crippen molar-refractivity contribution >= 4 is 11.6 Å². The van der Waals surface area contributed by atoms with Crippen LogP contribution < -0.4 is 0 Å². The minimum atomic E-state index is -0.0397. The summed E-state index contributed by atoms with van der Waals surface area (Å²) in [5, 5.41) is 0. The third-order valence-corrected chi connectivity index (χ3v) is 6.78. The molecule has 0 unspecified atom stereocenters. The molecule has 5 heterocycles. The number of piperazine rings is 2. The number of nitrogens with zero attached hydrogens (tertiary/aromatic N) is 4. The third-order valence-electron chi connectivity index (χ3n) is 6.78. The van der Waals surface area contributed by atoms with E-state index in [1.54, 1.807) is 36.4 Å². The quantitative estimate of drug-likeness (QED) is 0.452. The molecule has 0 radical (unpaired) electrons. The van der Waals surface area contributed by atoms with E-state index < -0.39 is 0 Å². The molecular weight excluding hydrogens is 448 g/mol. The fourth-order valence-corrected chi connectivity index (χ4v) is 4.42. The Hall–Kier alpha value is -2.98. The van der Waals surface area contributed by atoms with Gasteiger partial charge in [-0.3, -0.25) is 19.4 Å². The predicted molar refractivity (Wildman–Crippen MR) is 131 cm³/mol. The molecule has 2 saturated heterocycles. The highest BCUT2D eigenvalue weighted by molar-refractivity contribution is 5.96. The van der Waals surface area contributed by atoms with Crippen LogP contribution in [-0.2, 0) is 0 Å². The topological polar surface area (TPSA) is 86.5 Å². The molecule has 0 N–H and O–H groups in total. The van der Waals surface area contributed by atoms with Crippen LogP contribution in [-0.4, -0.2) is 111 Å². The molecule has 3 aromatic heterocycles. The second-order valence-corrected chi connectivity index (χ2v) is 9.50. The molecular formula is C26H32N4O5. The molecule has 0 bridgehead atoms. The molecule has 2 aliphatic rings. The first kappa shape index (κ1) is 23.7. The van der Waals surface area contributed by atoms with Gasteiger partial charge in [0.2, 0.25) is 11.6 Å².